The number of phenols is 1. The number of fused-ring (bicyclic) bond motifs is 2. The van der Waals surface area contributed by atoms with Crippen LogP contribution in [0.15, 0.2) is 72.8 Å². The van der Waals surface area contributed by atoms with Crippen LogP contribution in [0, 0.1) is 13.8 Å². The SMILES string of the molecule is Cc1ccc2c(c1)nnn2COc1cc(C(=O)Nc2ccccc2C)c(O)c2ccccc12. The quantitative estimate of drug-likeness (QED) is 0.394. The molecule has 164 valence electrons. The van der Waals surface area contributed by atoms with E-state index in [-0.39, 0.29) is 18.0 Å². The molecule has 0 saturated carbocycles. The Morgan fingerprint density at radius 3 is 2.58 bits per heavy atom. The first-order valence-corrected chi connectivity index (χ1v) is 10.6. The van der Waals surface area contributed by atoms with Crippen molar-refractivity contribution in [3.05, 3.63) is 89.5 Å². The summed E-state index contributed by atoms with van der Waals surface area (Å²) in [7, 11) is 0. The molecule has 0 radical (unpaired) electrons. The van der Waals surface area contributed by atoms with Crippen LogP contribution in [0.2, 0.25) is 0 Å². The molecule has 4 aromatic carbocycles. The third-order valence-electron chi connectivity index (χ3n) is 5.63. The van der Waals surface area contributed by atoms with Crippen molar-refractivity contribution in [2.24, 2.45) is 0 Å². The molecule has 0 aliphatic heterocycles. The first kappa shape index (κ1) is 20.5. The maximum atomic E-state index is 13.1. The van der Waals surface area contributed by atoms with E-state index in [0.717, 1.165) is 22.2 Å². The monoisotopic (exact) mass is 438 g/mol. The molecule has 1 aromatic heterocycles. The fourth-order valence-electron chi connectivity index (χ4n) is 3.83. The van der Waals surface area contributed by atoms with Gasteiger partial charge in [-0.2, -0.15) is 0 Å². The van der Waals surface area contributed by atoms with Crippen LogP contribution < -0.4 is 10.1 Å². The second-order valence-electron chi connectivity index (χ2n) is 7.94. The number of hydrogen-bond donors (Lipinski definition) is 2. The summed E-state index contributed by atoms with van der Waals surface area (Å²) in [4.78, 5) is 13.1. The molecule has 0 aliphatic carbocycles. The van der Waals surface area contributed by atoms with E-state index in [1.165, 1.54) is 0 Å². The summed E-state index contributed by atoms with van der Waals surface area (Å²) in [6.45, 7) is 4.02. The minimum absolute atomic E-state index is 0.0919. The van der Waals surface area contributed by atoms with Gasteiger partial charge in [0.05, 0.1) is 11.1 Å². The highest BCUT2D eigenvalue weighted by atomic mass is 16.5. The van der Waals surface area contributed by atoms with Crippen molar-refractivity contribution in [3.63, 3.8) is 0 Å². The lowest BCUT2D eigenvalue weighted by Crippen LogP contribution is -2.14. The minimum atomic E-state index is -0.418. The van der Waals surface area contributed by atoms with Gasteiger partial charge in [-0.25, -0.2) is 4.68 Å². The molecule has 2 N–H and O–H groups in total. The second-order valence-corrected chi connectivity index (χ2v) is 7.94. The lowest BCUT2D eigenvalue weighted by Gasteiger charge is -2.15. The van der Waals surface area contributed by atoms with E-state index >= 15 is 0 Å². The summed E-state index contributed by atoms with van der Waals surface area (Å²) in [6, 6.07) is 22.2. The van der Waals surface area contributed by atoms with E-state index in [9.17, 15) is 9.90 Å². The van der Waals surface area contributed by atoms with Crippen LogP contribution in [0.3, 0.4) is 0 Å². The zero-order valence-electron chi connectivity index (χ0n) is 18.2. The average Bonchev–Trinajstić information content (AvgIpc) is 3.22. The number of rotatable bonds is 5. The van der Waals surface area contributed by atoms with E-state index in [1.807, 2.05) is 74.5 Å². The number of carbonyl (C=O) groups excluding carboxylic acids is 1. The molecule has 1 amide bonds. The van der Waals surface area contributed by atoms with E-state index < -0.39 is 5.91 Å². The number of amides is 1. The summed E-state index contributed by atoms with van der Waals surface area (Å²) in [6.07, 6.45) is 0. The molecule has 0 atom stereocenters. The molecular weight excluding hydrogens is 416 g/mol. The molecule has 0 saturated heterocycles. The van der Waals surface area contributed by atoms with Crippen molar-refractivity contribution < 1.29 is 14.6 Å². The molecular formula is C26H22N4O3. The number of ether oxygens (including phenoxy) is 1. The van der Waals surface area contributed by atoms with E-state index in [1.54, 1.807) is 16.8 Å². The Balaban J connectivity index is 1.51. The van der Waals surface area contributed by atoms with Crippen molar-refractivity contribution in [3.8, 4) is 11.5 Å². The Kier molecular flexibility index (Phi) is 5.14. The molecule has 5 aromatic rings. The molecule has 0 bridgehead atoms. The maximum Gasteiger partial charge on any atom is 0.259 e. The number of para-hydroxylation sites is 1. The van der Waals surface area contributed by atoms with E-state index in [4.69, 9.17) is 4.74 Å². The first-order valence-electron chi connectivity index (χ1n) is 10.6. The first-order chi connectivity index (χ1) is 16.0. The fourth-order valence-corrected chi connectivity index (χ4v) is 3.83. The van der Waals surface area contributed by atoms with Gasteiger partial charge in [-0.05, 0) is 49.2 Å². The number of aromatic hydroxyl groups is 1. The number of benzene rings is 4. The molecule has 1 heterocycles. The van der Waals surface area contributed by atoms with Crippen molar-refractivity contribution in [2.45, 2.75) is 20.6 Å². The zero-order valence-corrected chi connectivity index (χ0v) is 18.2. The molecule has 5 rings (SSSR count). The zero-order chi connectivity index (χ0) is 22.9. The molecule has 0 unspecified atom stereocenters. The topological polar surface area (TPSA) is 89.3 Å². The number of hydrogen-bond acceptors (Lipinski definition) is 5. The third-order valence-corrected chi connectivity index (χ3v) is 5.63. The fraction of sp³-hybridized carbons (Fsp3) is 0.115. The van der Waals surface area contributed by atoms with Gasteiger partial charge in [0.25, 0.3) is 5.91 Å². The minimum Gasteiger partial charge on any atom is -0.506 e. The van der Waals surface area contributed by atoms with E-state index in [2.05, 4.69) is 15.6 Å². The smallest absolute Gasteiger partial charge is 0.259 e. The second kappa shape index (κ2) is 8.27. The van der Waals surface area contributed by atoms with Crippen LogP contribution in [0.5, 0.6) is 11.5 Å². The maximum absolute atomic E-state index is 13.1. The highest BCUT2D eigenvalue weighted by molar-refractivity contribution is 6.11. The van der Waals surface area contributed by atoms with Crippen molar-refractivity contribution in [1.82, 2.24) is 15.0 Å². The summed E-state index contributed by atoms with van der Waals surface area (Å²) < 4.78 is 7.75. The van der Waals surface area contributed by atoms with Gasteiger partial charge in [0.1, 0.15) is 17.0 Å². The van der Waals surface area contributed by atoms with E-state index in [0.29, 0.717) is 22.2 Å². The third kappa shape index (κ3) is 3.85. The Morgan fingerprint density at radius 2 is 1.76 bits per heavy atom. The van der Waals surface area contributed by atoms with Gasteiger partial charge in [0.2, 0.25) is 0 Å². The molecule has 0 spiro atoms. The van der Waals surface area contributed by atoms with Crippen molar-refractivity contribution in [1.29, 1.82) is 0 Å². The van der Waals surface area contributed by atoms with Gasteiger partial charge < -0.3 is 15.2 Å². The summed E-state index contributed by atoms with van der Waals surface area (Å²) in [5, 5.41) is 23.4. The molecule has 33 heavy (non-hydrogen) atoms. The molecule has 7 heteroatoms. The number of aromatic nitrogens is 3. The lowest BCUT2D eigenvalue weighted by molar-refractivity contribution is 0.102. The van der Waals surface area contributed by atoms with Gasteiger partial charge in [-0.1, -0.05) is 53.7 Å². The number of phenolic OH excluding ortho intramolecular Hbond substituents is 1. The number of nitrogens with zero attached hydrogens (tertiary/aromatic N) is 3. The Labute approximate surface area is 190 Å². The summed E-state index contributed by atoms with van der Waals surface area (Å²) in [5.74, 6) is -0.0427. The van der Waals surface area contributed by atoms with Crippen LogP contribution in [-0.4, -0.2) is 26.0 Å². The Morgan fingerprint density at radius 1 is 1.00 bits per heavy atom. The Bertz CT molecular complexity index is 1510. The van der Waals surface area contributed by atoms with Gasteiger partial charge in [-0.3, -0.25) is 4.79 Å². The number of aryl methyl sites for hydroxylation is 2. The van der Waals surface area contributed by atoms with Crippen molar-refractivity contribution in [2.75, 3.05) is 5.32 Å². The van der Waals surface area contributed by atoms with Gasteiger partial charge in [-0.15, -0.1) is 5.10 Å². The van der Waals surface area contributed by atoms with Crippen LogP contribution in [0.1, 0.15) is 21.5 Å². The van der Waals surface area contributed by atoms with Gasteiger partial charge in [0.15, 0.2) is 6.73 Å². The van der Waals surface area contributed by atoms with Gasteiger partial charge >= 0.3 is 0 Å². The van der Waals surface area contributed by atoms with Crippen LogP contribution in [-0.2, 0) is 6.73 Å². The van der Waals surface area contributed by atoms with Crippen LogP contribution >= 0.6 is 0 Å². The largest absolute Gasteiger partial charge is 0.506 e. The summed E-state index contributed by atoms with van der Waals surface area (Å²) in [5.41, 5.74) is 4.47. The number of nitrogens with one attached hydrogen (secondary N) is 1. The lowest BCUT2D eigenvalue weighted by atomic mass is 10.0. The normalized spacial score (nSPS) is 11.1. The number of anilines is 1. The molecule has 0 aliphatic rings. The average molecular weight is 438 g/mol. The molecule has 7 nitrogen and oxygen atoms in total. The Hall–Kier alpha value is -4.39. The van der Waals surface area contributed by atoms with Crippen molar-refractivity contribution >= 4 is 33.4 Å². The van der Waals surface area contributed by atoms with Gasteiger partial charge in [0, 0.05) is 16.5 Å². The highest BCUT2D eigenvalue weighted by Gasteiger charge is 2.19. The molecule has 0 fully saturated rings. The standard InChI is InChI=1S/C26H22N4O3/c1-16-11-12-23-22(13-16)28-29-30(23)15-33-24-14-20(25(31)19-9-5-4-8-18(19)24)26(32)27-21-10-6-3-7-17(21)2/h3-14,31H,15H2,1-2H3,(H,27,32). The summed E-state index contributed by atoms with van der Waals surface area (Å²) >= 11 is 0. The highest BCUT2D eigenvalue weighted by Crippen LogP contribution is 2.36. The predicted octanol–water partition coefficient (Wildman–Crippen LogP) is 5.20. The predicted molar refractivity (Wildman–Crippen MR) is 128 cm³/mol. The van der Waals surface area contributed by atoms with Crippen LogP contribution in [0.25, 0.3) is 21.8 Å². The van der Waals surface area contributed by atoms with Crippen LogP contribution in [0.4, 0.5) is 5.69 Å². The number of carbonyl (C=O) groups is 1.